The van der Waals surface area contributed by atoms with Crippen LogP contribution in [0.15, 0.2) is 42.5 Å². The third-order valence-corrected chi connectivity index (χ3v) is 4.11. The normalized spacial score (nSPS) is 27.6. The maximum Gasteiger partial charge on any atom is 0.333 e. The highest BCUT2D eigenvalue weighted by Gasteiger charge is 2.73. The van der Waals surface area contributed by atoms with E-state index in [9.17, 15) is 9.59 Å². The smallest absolute Gasteiger partial charge is 0.333 e. The molecule has 1 fully saturated rings. The number of benzene rings is 1. The minimum Gasteiger partial charge on any atom is -0.428 e. The lowest BCUT2D eigenvalue weighted by atomic mass is 9.94. The second-order valence-electron chi connectivity index (χ2n) is 4.40. The first-order chi connectivity index (χ1) is 8.97. The van der Waals surface area contributed by atoms with Gasteiger partial charge in [0.1, 0.15) is 0 Å². The fourth-order valence-corrected chi connectivity index (χ4v) is 2.87. The maximum absolute atomic E-state index is 12.0. The molecule has 1 unspecified atom stereocenters. The lowest BCUT2D eigenvalue weighted by Crippen LogP contribution is -2.76. The van der Waals surface area contributed by atoms with E-state index in [1.807, 2.05) is 30.3 Å². The Morgan fingerprint density at radius 3 is 2.42 bits per heavy atom. The van der Waals surface area contributed by atoms with E-state index in [0.717, 1.165) is 5.56 Å². The maximum atomic E-state index is 12.0. The molecule has 1 spiro atoms. The van der Waals surface area contributed by atoms with Crippen molar-refractivity contribution in [3.63, 3.8) is 0 Å². The number of amides is 1. The van der Waals surface area contributed by atoms with Crippen molar-refractivity contribution in [2.75, 3.05) is 0 Å². The van der Waals surface area contributed by atoms with Crippen LogP contribution >= 0.6 is 23.2 Å². The van der Waals surface area contributed by atoms with E-state index in [-0.39, 0.29) is 6.54 Å². The molecule has 1 atom stereocenters. The largest absolute Gasteiger partial charge is 0.428 e. The number of hydrogen-bond donors (Lipinski definition) is 0. The van der Waals surface area contributed by atoms with Gasteiger partial charge < -0.3 is 4.74 Å². The summed E-state index contributed by atoms with van der Waals surface area (Å²) in [7, 11) is 0. The summed E-state index contributed by atoms with van der Waals surface area (Å²) in [6, 6.07) is 9.32. The van der Waals surface area contributed by atoms with Crippen molar-refractivity contribution in [3.05, 3.63) is 48.0 Å². The number of carbonyl (C=O) groups excluding carboxylic acids is 2. The standard InChI is InChI=1S/C13H9Cl2NO3/c14-13(15)11(18)16(8-9-4-2-1-3-5-9)12(13)7-6-10(17)19-12/h1-7H,8H2. The van der Waals surface area contributed by atoms with Gasteiger partial charge in [0, 0.05) is 6.08 Å². The highest BCUT2D eigenvalue weighted by Crippen LogP contribution is 2.53. The molecule has 2 aliphatic heterocycles. The molecule has 0 bridgehead atoms. The van der Waals surface area contributed by atoms with Crippen LogP contribution in [0.4, 0.5) is 0 Å². The summed E-state index contributed by atoms with van der Waals surface area (Å²) in [6.45, 7) is 0.276. The van der Waals surface area contributed by atoms with E-state index >= 15 is 0 Å². The van der Waals surface area contributed by atoms with Gasteiger partial charge in [0.25, 0.3) is 16.0 Å². The molecule has 1 aromatic carbocycles. The lowest BCUT2D eigenvalue weighted by molar-refractivity contribution is -0.202. The van der Waals surface area contributed by atoms with E-state index < -0.39 is 21.9 Å². The fraction of sp³-hybridized carbons (Fsp3) is 0.231. The number of β-lactam (4-membered cyclic amide) rings is 1. The summed E-state index contributed by atoms with van der Waals surface area (Å²) >= 11 is 12.0. The summed E-state index contributed by atoms with van der Waals surface area (Å²) < 4.78 is 3.39. The average molecular weight is 298 g/mol. The van der Waals surface area contributed by atoms with Crippen molar-refractivity contribution in [2.45, 2.75) is 16.6 Å². The van der Waals surface area contributed by atoms with Gasteiger partial charge in [-0.2, -0.15) is 0 Å². The number of nitrogens with zero attached hydrogens (tertiary/aromatic N) is 1. The predicted molar refractivity (Wildman–Crippen MR) is 69.4 cm³/mol. The number of halogens is 2. The number of esters is 1. The third kappa shape index (κ3) is 1.60. The zero-order valence-electron chi connectivity index (χ0n) is 9.68. The molecule has 19 heavy (non-hydrogen) atoms. The number of likely N-dealkylation sites (tertiary alicyclic amines) is 1. The zero-order valence-corrected chi connectivity index (χ0v) is 11.2. The number of carbonyl (C=O) groups is 2. The van der Waals surface area contributed by atoms with E-state index in [2.05, 4.69) is 0 Å². The molecular weight excluding hydrogens is 289 g/mol. The Morgan fingerprint density at radius 1 is 1.16 bits per heavy atom. The van der Waals surface area contributed by atoms with Gasteiger partial charge >= 0.3 is 5.97 Å². The average Bonchev–Trinajstić information content (AvgIpc) is 2.81. The van der Waals surface area contributed by atoms with Crippen LogP contribution < -0.4 is 0 Å². The first-order valence-corrected chi connectivity index (χ1v) is 6.39. The molecule has 1 amide bonds. The van der Waals surface area contributed by atoms with Gasteiger partial charge in [-0.05, 0) is 11.6 Å². The second kappa shape index (κ2) is 3.99. The van der Waals surface area contributed by atoms with Crippen LogP contribution in [0.5, 0.6) is 0 Å². The molecule has 3 rings (SSSR count). The van der Waals surface area contributed by atoms with Gasteiger partial charge in [0.05, 0.1) is 6.54 Å². The Hall–Kier alpha value is -1.52. The second-order valence-corrected chi connectivity index (χ2v) is 5.73. The highest BCUT2D eigenvalue weighted by atomic mass is 35.5. The van der Waals surface area contributed by atoms with Crippen LogP contribution in [0.2, 0.25) is 0 Å². The summed E-state index contributed by atoms with van der Waals surface area (Å²) in [4.78, 5) is 24.6. The molecule has 2 aliphatic rings. The van der Waals surface area contributed by atoms with Gasteiger partial charge in [-0.1, -0.05) is 53.5 Å². The first-order valence-electron chi connectivity index (χ1n) is 5.63. The molecule has 0 saturated carbocycles. The Balaban J connectivity index is 1.91. The molecule has 6 heteroatoms. The molecule has 1 saturated heterocycles. The third-order valence-electron chi connectivity index (χ3n) is 3.25. The van der Waals surface area contributed by atoms with Crippen molar-refractivity contribution >= 4 is 35.1 Å². The molecule has 0 N–H and O–H groups in total. The molecule has 1 aromatic rings. The Bertz CT molecular complexity index is 585. The monoisotopic (exact) mass is 297 g/mol. The number of hydrogen-bond acceptors (Lipinski definition) is 3. The van der Waals surface area contributed by atoms with Gasteiger partial charge in [-0.3, -0.25) is 9.69 Å². The topological polar surface area (TPSA) is 46.6 Å². The van der Waals surface area contributed by atoms with Gasteiger partial charge in [0.15, 0.2) is 0 Å². The summed E-state index contributed by atoms with van der Waals surface area (Å²) in [5, 5.41) is 0. The molecule has 0 radical (unpaired) electrons. The summed E-state index contributed by atoms with van der Waals surface area (Å²) in [5.74, 6) is -1.03. The number of alkyl halides is 2. The van der Waals surface area contributed by atoms with Crippen molar-refractivity contribution < 1.29 is 14.3 Å². The molecule has 98 valence electrons. The molecular formula is C13H9Cl2NO3. The number of ether oxygens (including phenoxy) is 1. The van der Waals surface area contributed by atoms with Crippen molar-refractivity contribution in [3.8, 4) is 0 Å². The van der Waals surface area contributed by atoms with Crippen LogP contribution in [-0.4, -0.2) is 26.8 Å². The van der Waals surface area contributed by atoms with Crippen LogP contribution in [0.3, 0.4) is 0 Å². The molecule has 0 aliphatic carbocycles. The van der Waals surface area contributed by atoms with Gasteiger partial charge in [-0.15, -0.1) is 0 Å². The van der Waals surface area contributed by atoms with E-state index in [4.69, 9.17) is 27.9 Å². The number of rotatable bonds is 2. The van der Waals surface area contributed by atoms with Crippen LogP contribution in [0, 0.1) is 0 Å². The van der Waals surface area contributed by atoms with Crippen molar-refractivity contribution in [1.82, 2.24) is 4.90 Å². The van der Waals surface area contributed by atoms with Crippen LogP contribution in [0.25, 0.3) is 0 Å². The summed E-state index contributed by atoms with van der Waals surface area (Å²) in [5.41, 5.74) is -0.490. The van der Waals surface area contributed by atoms with E-state index in [1.54, 1.807) is 0 Å². The fourth-order valence-electron chi connectivity index (χ4n) is 2.26. The Morgan fingerprint density at radius 2 is 1.84 bits per heavy atom. The SMILES string of the molecule is O=C1C=CC2(O1)N(Cc1ccccc1)C(=O)C2(Cl)Cl. The van der Waals surface area contributed by atoms with E-state index in [0.29, 0.717) is 0 Å². The minimum atomic E-state index is -1.76. The van der Waals surface area contributed by atoms with Crippen LogP contribution in [0.1, 0.15) is 5.56 Å². The Labute approximate surface area is 119 Å². The van der Waals surface area contributed by atoms with E-state index in [1.165, 1.54) is 17.1 Å². The molecule has 2 heterocycles. The van der Waals surface area contributed by atoms with Crippen molar-refractivity contribution in [1.29, 1.82) is 0 Å². The molecule has 4 nitrogen and oxygen atoms in total. The minimum absolute atomic E-state index is 0.276. The molecule has 0 aromatic heterocycles. The van der Waals surface area contributed by atoms with Gasteiger partial charge in [0.2, 0.25) is 0 Å². The predicted octanol–water partition coefficient (Wildman–Crippen LogP) is 2.01. The van der Waals surface area contributed by atoms with Gasteiger partial charge in [-0.25, -0.2) is 4.79 Å². The van der Waals surface area contributed by atoms with Crippen molar-refractivity contribution in [2.24, 2.45) is 0 Å². The quantitative estimate of drug-likeness (QED) is 0.477. The first kappa shape index (κ1) is 12.5. The zero-order chi connectivity index (χ0) is 13.7. The lowest BCUT2D eigenvalue weighted by Gasteiger charge is -2.54. The van der Waals surface area contributed by atoms with Crippen LogP contribution in [-0.2, 0) is 20.9 Å². The summed E-state index contributed by atoms with van der Waals surface area (Å²) in [6.07, 6.45) is 2.66. The highest BCUT2D eigenvalue weighted by molar-refractivity contribution is 6.61. The Kier molecular flexibility index (Phi) is 2.62.